The van der Waals surface area contributed by atoms with E-state index in [0.717, 1.165) is 17.3 Å². The zero-order valence-electron chi connectivity index (χ0n) is 15.1. The first-order chi connectivity index (χ1) is 13.3. The van der Waals surface area contributed by atoms with E-state index in [1.807, 2.05) is 6.92 Å². The van der Waals surface area contributed by atoms with Crippen molar-refractivity contribution in [3.8, 4) is 11.5 Å². The van der Waals surface area contributed by atoms with Crippen LogP contribution in [0.3, 0.4) is 0 Å². The SMILES string of the molecule is CCN1C(=O)/C(=C/c2cc([N+](=O)[O-])ccc2O)SC1=Nc1ccc(C)cc1O. The quantitative estimate of drug-likeness (QED) is 0.457. The number of hydrogen-bond acceptors (Lipinski definition) is 7. The minimum Gasteiger partial charge on any atom is -0.507 e. The number of nitro benzene ring substituents is 1. The summed E-state index contributed by atoms with van der Waals surface area (Å²) in [5.41, 5.74) is 1.19. The average molecular weight is 399 g/mol. The lowest BCUT2D eigenvalue weighted by Gasteiger charge is -2.12. The number of nitrogens with zero attached hydrogens (tertiary/aromatic N) is 3. The van der Waals surface area contributed by atoms with Gasteiger partial charge >= 0.3 is 0 Å². The summed E-state index contributed by atoms with van der Waals surface area (Å²) in [4.78, 5) is 29.2. The number of amidine groups is 1. The van der Waals surface area contributed by atoms with Gasteiger partial charge in [-0.3, -0.25) is 19.8 Å². The van der Waals surface area contributed by atoms with Crippen LogP contribution in [0.5, 0.6) is 11.5 Å². The van der Waals surface area contributed by atoms with Crippen molar-refractivity contribution in [1.29, 1.82) is 0 Å². The molecule has 144 valence electrons. The largest absolute Gasteiger partial charge is 0.507 e. The third-order valence-electron chi connectivity index (χ3n) is 4.06. The minimum atomic E-state index is -0.573. The van der Waals surface area contributed by atoms with Crippen molar-refractivity contribution >= 4 is 40.3 Å². The maximum absolute atomic E-state index is 12.7. The molecule has 1 aliphatic rings. The Labute approximate surface area is 165 Å². The molecule has 1 aliphatic heterocycles. The molecule has 0 saturated carbocycles. The monoisotopic (exact) mass is 399 g/mol. The highest BCUT2D eigenvalue weighted by atomic mass is 32.2. The van der Waals surface area contributed by atoms with Crippen LogP contribution < -0.4 is 0 Å². The summed E-state index contributed by atoms with van der Waals surface area (Å²) in [6.45, 7) is 3.99. The smallest absolute Gasteiger partial charge is 0.270 e. The number of likely N-dealkylation sites (N-methyl/N-ethyl adjacent to an activating group) is 1. The molecule has 0 aliphatic carbocycles. The maximum atomic E-state index is 12.7. The zero-order valence-corrected chi connectivity index (χ0v) is 15.9. The van der Waals surface area contributed by atoms with E-state index in [1.165, 1.54) is 29.2 Å². The number of carbonyl (C=O) groups excluding carboxylic acids is 1. The van der Waals surface area contributed by atoms with Gasteiger partial charge in [0.2, 0.25) is 0 Å². The van der Waals surface area contributed by atoms with E-state index in [4.69, 9.17) is 0 Å². The highest BCUT2D eigenvalue weighted by molar-refractivity contribution is 8.18. The Morgan fingerprint density at radius 3 is 2.61 bits per heavy atom. The molecule has 0 unspecified atom stereocenters. The van der Waals surface area contributed by atoms with Crippen molar-refractivity contribution in [2.24, 2.45) is 4.99 Å². The molecule has 1 amide bonds. The molecule has 2 N–H and O–H groups in total. The van der Waals surface area contributed by atoms with Crippen LogP contribution >= 0.6 is 11.8 Å². The number of benzene rings is 2. The molecular weight excluding hydrogens is 382 g/mol. The molecule has 0 atom stereocenters. The van der Waals surface area contributed by atoms with E-state index in [-0.39, 0.29) is 33.6 Å². The van der Waals surface area contributed by atoms with Crippen LogP contribution in [0.25, 0.3) is 6.08 Å². The molecule has 1 heterocycles. The van der Waals surface area contributed by atoms with E-state index in [0.29, 0.717) is 17.4 Å². The standard InChI is InChI=1S/C19H17N3O5S/c1-3-21-18(25)17(10-12-9-13(22(26)27)5-7-15(12)23)28-19(21)20-14-6-4-11(2)8-16(14)24/h4-10,23-24H,3H2,1-2H3/b17-10-,20-19?. The van der Waals surface area contributed by atoms with Crippen molar-refractivity contribution in [2.75, 3.05) is 6.54 Å². The third-order valence-corrected chi connectivity index (χ3v) is 5.07. The van der Waals surface area contributed by atoms with E-state index in [2.05, 4.69) is 4.99 Å². The van der Waals surface area contributed by atoms with Gasteiger partial charge in [-0.05, 0) is 55.4 Å². The van der Waals surface area contributed by atoms with Crippen LogP contribution in [0, 0.1) is 17.0 Å². The first kappa shape index (κ1) is 19.4. The van der Waals surface area contributed by atoms with Crippen molar-refractivity contribution in [2.45, 2.75) is 13.8 Å². The Hall–Kier alpha value is -3.33. The minimum absolute atomic E-state index is 0.00496. The number of hydrogen-bond donors (Lipinski definition) is 2. The molecule has 2 aromatic rings. The summed E-state index contributed by atoms with van der Waals surface area (Å²) in [6.07, 6.45) is 1.40. The predicted octanol–water partition coefficient (Wildman–Crippen LogP) is 3.94. The number of aliphatic imine (C=N–C) groups is 1. The highest BCUT2D eigenvalue weighted by Gasteiger charge is 2.32. The zero-order chi connectivity index (χ0) is 20.4. The molecule has 0 spiro atoms. The fourth-order valence-corrected chi connectivity index (χ4v) is 3.66. The van der Waals surface area contributed by atoms with Gasteiger partial charge in [0.25, 0.3) is 11.6 Å². The van der Waals surface area contributed by atoms with Crippen molar-refractivity contribution in [3.05, 3.63) is 62.5 Å². The van der Waals surface area contributed by atoms with Gasteiger partial charge < -0.3 is 10.2 Å². The molecule has 9 heteroatoms. The average Bonchev–Trinajstić information content (AvgIpc) is 2.93. The number of phenols is 2. The molecule has 2 aromatic carbocycles. The van der Waals surface area contributed by atoms with Gasteiger partial charge in [0.15, 0.2) is 5.17 Å². The van der Waals surface area contributed by atoms with Crippen LogP contribution in [0.4, 0.5) is 11.4 Å². The number of thioether (sulfide) groups is 1. The summed E-state index contributed by atoms with van der Waals surface area (Å²) in [6, 6.07) is 8.64. The van der Waals surface area contributed by atoms with Crippen molar-refractivity contribution in [1.82, 2.24) is 4.90 Å². The summed E-state index contributed by atoms with van der Waals surface area (Å²) in [5.74, 6) is -0.495. The number of rotatable bonds is 4. The highest BCUT2D eigenvalue weighted by Crippen LogP contribution is 2.37. The number of amides is 1. The molecule has 0 radical (unpaired) electrons. The van der Waals surface area contributed by atoms with Crippen LogP contribution in [-0.2, 0) is 4.79 Å². The number of aryl methyl sites for hydroxylation is 1. The molecule has 28 heavy (non-hydrogen) atoms. The Bertz CT molecular complexity index is 1030. The van der Waals surface area contributed by atoms with Gasteiger partial charge in [0, 0.05) is 24.2 Å². The lowest BCUT2D eigenvalue weighted by atomic mass is 10.1. The summed E-state index contributed by atoms with van der Waals surface area (Å²) in [5, 5.41) is 31.4. The second kappa shape index (κ2) is 7.73. The first-order valence-corrected chi connectivity index (χ1v) is 9.19. The Kier molecular flexibility index (Phi) is 5.36. The Balaban J connectivity index is 2.00. The number of phenolic OH excluding ortho intramolecular Hbond substituents is 2. The second-order valence-electron chi connectivity index (χ2n) is 6.05. The fourth-order valence-electron chi connectivity index (χ4n) is 2.61. The third kappa shape index (κ3) is 3.84. The second-order valence-corrected chi connectivity index (χ2v) is 7.06. The normalized spacial score (nSPS) is 16.9. The Morgan fingerprint density at radius 1 is 1.21 bits per heavy atom. The molecular formula is C19H17N3O5S. The predicted molar refractivity (Wildman–Crippen MR) is 108 cm³/mol. The molecule has 0 bridgehead atoms. The van der Waals surface area contributed by atoms with Crippen LogP contribution in [0.15, 0.2) is 46.3 Å². The van der Waals surface area contributed by atoms with Gasteiger partial charge in [0.1, 0.15) is 17.2 Å². The van der Waals surface area contributed by atoms with Gasteiger partial charge in [-0.25, -0.2) is 4.99 Å². The molecule has 1 saturated heterocycles. The van der Waals surface area contributed by atoms with Gasteiger partial charge in [-0.15, -0.1) is 0 Å². The number of non-ortho nitro benzene ring substituents is 1. The van der Waals surface area contributed by atoms with E-state index < -0.39 is 4.92 Å². The molecule has 1 fully saturated rings. The summed E-state index contributed by atoms with van der Waals surface area (Å²) < 4.78 is 0. The van der Waals surface area contributed by atoms with Crippen molar-refractivity contribution in [3.63, 3.8) is 0 Å². The van der Waals surface area contributed by atoms with Crippen LogP contribution in [0.2, 0.25) is 0 Å². The first-order valence-electron chi connectivity index (χ1n) is 8.37. The molecule has 0 aromatic heterocycles. The van der Waals surface area contributed by atoms with Gasteiger partial charge in [-0.2, -0.15) is 0 Å². The summed E-state index contributed by atoms with van der Waals surface area (Å²) in [7, 11) is 0. The number of aromatic hydroxyl groups is 2. The number of nitro groups is 1. The molecule has 8 nitrogen and oxygen atoms in total. The number of carbonyl (C=O) groups is 1. The Morgan fingerprint density at radius 2 is 1.96 bits per heavy atom. The molecule has 3 rings (SSSR count). The summed E-state index contributed by atoms with van der Waals surface area (Å²) >= 11 is 1.07. The van der Waals surface area contributed by atoms with Gasteiger partial charge in [-0.1, -0.05) is 6.07 Å². The maximum Gasteiger partial charge on any atom is 0.270 e. The van der Waals surface area contributed by atoms with E-state index in [9.17, 15) is 25.1 Å². The lowest BCUT2D eigenvalue weighted by Crippen LogP contribution is -2.28. The van der Waals surface area contributed by atoms with E-state index in [1.54, 1.807) is 25.1 Å². The van der Waals surface area contributed by atoms with Crippen LogP contribution in [0.1, 0.15) is 18.1 Å². The topological polar surface area (TPSA) is 116 Å². The fraction of sp³-hybridized carbons (Fsp3) is 0.158. The van der Waals surface area contributed by atoms with Crippen LogP contribution in [-0.4, -0.2) is 37.7 Å². The lowest BCUT2D eigenvalue weighted by molar-refractivity contribution is -0.384. The van der Waals surface area contributed by atoms with Gasteiger partial charge in [0.05, 0.1) is 9.83 Å². The van der Waals surface area contributed by atoms with Crippen molar-refractivity contribution < 1.29 is 19.9 Å². The van der Waals surface area contributed by atoms with E-state index >= 15 is 0 Å².